The van der Waals surface area contributed by atoms with E-state index in [-0.39, 0.29) is 0 Å². The van der Waals surface area contributed by atoms with Crippen LogP contribution in [0.2, 0.25) is 5.02 Å². The van der Waals surface area contributed by atoms with Gasteiger partial charge in [0.25, 0.3) is 0 Å². The minimum Gasteiger partial charge on any atom is -0.497 e. The van der Waals surface area contributed by atoms with Crippen LogP contribution in [0.3, 0.4) is 0 Å². The van der Waals surface area contributed by atoms with Crippen LogP contribution in [0.5, 0.6) is 5.75 Å². The van der Waals surface area contributed by atoms with Crippen molar-refractivity contribution in [3.63, 3.8) is 0 Å². The number of halogens is 2. The van der Waals surface area contributed by atoms with Crippen LogP contribution in [-0.2, 0) is 0 Å². The monoisotopic (exact) mass is 551 g/mol. The lowest BCUT2D eigenvalue weighted by molar-refractivity contribution is -2.00. The van der Waals surface area contributed by atoms with E-state index in [0.29, 0.717) is 6.04 Å². The highest BCUT2D eigenvalue weighted by Gasteiger charge is 2.16. The number of ether oxygens (including phenoxy) is 1. The van der Waals surface area contributed by atoms with E-state index in [0.717, 1.165) is 38.4 Å². The second-order valence-electron chi connectivity index (χ2n) is 9.37. The molecule has 1 aromatic heterocycles. The highest BCUT2D eigenvalue weighted by Crippen LogP contribution is 2.25. The minimum atomic E-state index is -4.94. The Morgan fingerprint density at radius 3 is 1.89 bits per heavy atom. The molecule has 0 spiro atoms. The van der Waals surface area contributed by atoms with Crippen molar-refractivity contribution >= 4 is 22.6 Å². The van der Waals surface area contributed by atoms with Crippen LogP contribution in [0.4, 0.5) is 0 Å². The maximum atomic E-state index is 8.49. The van der Waals surface area contributed by atoms with Gasteiger partial charge in [-0.3, -0.25) is 0 Å². The SMILES string of the molecule is COc1ccc2oc(-c3ccc(Cl)cc3)cc(=[NH+]C3CCCCCCCCCCC3)c2c1.[O-][Cl+3]([O-])([O-])[O-]. The molecule has 1 saturated carbocycles. The van der Waals surface area contributed by atoms with E-state index < -0.39 is 10.2 Å². The molecule has 37 heavy (non-hydrogen) atoms. The van der Waals surface area contributed by atoms with Crippen molar-refractivity contribution in [3.05, 3.63) is 58.9 Å². The number of methoxy groups -OCH3 is 1. The Bertz CT molecular complexity index is 1160. The Hall–Kier alpha value is -2.13. The maximum absolute atomic E-state index is 8.49. The highest BCUT2D eigenvalue weighted by molar-refractivity contribution is 6.30. The molecular weight excluding hydrogens is 517 g/mol. The molecule has 0 radical (unpaired) electrons. The molecule has 1 aliphatic carbocycles. The third kappa shape index (κ3) is 10.6. The third-order valence-electron chi connectivity index (χ3n) is 6.57. The third-order valence-corrected chi connectivity index (χ3v) is 6.82. The predicted molar refractivity (Wildman–Crippen MR) is 132 cm³/mol. The fourth-order valence-electron chi connectivity index (χ4n) is 4.70. The van der Waals surface area contributed by atoms with Gasteiger partial charge < -0.3 is 9.15 Å². The Kier molecular flexibility index (Phi) is 11.7. The van der Waals surface area contributed by atoms with Crippen molar-refractivity contribution < 1.29 is 43.0 Å². The van der Waals surface area contributed by atoms with Crippen molar-refractivity contribution in [3.8, 4) is 17.1 Å². The summed E-state index contributed by atoms with van der Waals surface area (Å²) in [6.07, 6.45) is 14.6. The topological polar surface area (TPSA) is 129 Å². The first-order chi connectivity index (χ1) is 17.7. The average molecular weight is 552 g/mol. The minimum absolute atomic E-state index is 0.476. The number of fused-ring (bicyclic) bond motifs is 1. The first-order valence-electron chi connectivity index (χ1n) is 12.8. The van der Waals surface area contributed by atoms with Gasteiger partial charge in [-0.15, -0.1) is 10.2 Å². The molecule has 3 aromatic rings. The fourth-order valence-corrected chi connectivity index (χ4v) is 4.82. The molecule has 0 saturated heterocycles. The van der Waals surface area contributed by atoms with Crippen molar-refractivity contribution in [1.29, 1.82) is 0 Å². The number of rotatable bonds is 3. The molecule has 1 aliphatic rings. The lowest BCUT2D eigenvalue weighted by Crippen LogP contribution is -2.82. The Morgan fingerprint density at radius 1 is 0.811 bits per heavy atom. The summed E-state index contributed by atoms with van der Waals surface area (Å²) in [5, 5.41) is 2.91. The second-order valence-corrected chi connectivity index (χ2v) is 10.6. The second kappa shape index (κ2) is 14.7. The van der Waals surface area contributed by atoms with Crippen molar-refractivity contribution in [2.45, 2.75) is 76.7 Å². The van der Waals surface area contributed by atoms with Crippen molar-refractivity contribution in [2.24, 2.45) is 0 Å². The van der Waals surface area contributed by atoms with Crippen LogP contribution >= 0.6 is 11.6 Å². The molecular formula is C28H35Cl2NO6. The molecule has 2 aromatic carbocycles. The Labute approximate surface area is 225 Å². The van der Waals surface area contributed by atoms with Crippen LogP contribution in [0.25, 0.3) is 22.3 Å². The average Bonchev–Trinajstić information content (AvgIpc) is 2.84. The summed E-state index contributed by atoms with van der Waals surface area (Å²) < 4.78 is 45.8. The number of hydrogen-bond donors (Lipinski definition) is 1. The van der Waals surface area contributed by atoms with Gasteiger partial charge in [0.05, 0.1) is 18.6 Å². The fraction of sp³-hybridized carbons (Fsp3) is 0.464. The standard InChI is InChI=1S/C28H34ClNO2.ClHO4/c1-31-24-17-18-27-25(19-24)26(20-28(32-27)21-13-15-22(29)16-14-21)30-23-11-9-7-5-3-2-4-6-8-10-12-23;2-1(3,4)5/h13-20,23H,2-12H2,1H3;(H,2,3,4,5). The van der Waals surface area contributed by atoms with Gasteiger partial charge >= 0.3 is 0 Å². The summed E-state index contributed by atoms with van der Waals surface area (Å²) in [4.78, 5) is 3.91. The van der Waals surface area contributed by atoms with Crippen molar-refractivity contribution in [1.82, 2.24) is 0 Å². The van der Waals surface area contributed by atoms with Crippen LogP contribution < -0.4 is 33.7 Å². The molecule has 0 unspecified atom stereocenters. The molecule has 0 amide bonds. The smallest absolute Gasteiger partial charge is 0.213 e. The van der Waals surface area contributed by atoms with Gasteiger partial charge in [-0.05, 0) is 55.3 Å². The van der Waals surface area contributed by atoms with Gasteiger partial charge in [-0.25, -0.2) is 23.6 Å². The van der Waals surface area contributed by atoms with Crippen molar-refractivity contribution in [2.75, 3.05) is 7.11 Å². The molecule has 1 N–H and O–H groups in total. The highest BCUT2D eigenvalue weighted by atomic mass is 35.7. The molecule has 7 nitrogen and oxygen atoms in total. The lowest BCUT2D eigenvalue weighted by Gasteiger charge is -2.17. The number of benzene rings is 2. The molecule has 4 rings (SSSR count). The summed E-state index contributed by atoms with van der Waals surface area (Å²) in [5.74, 6) is 1.68. The largest absolute Gasteiger partial charge is 0.497 e. The van der Waals surface area contributed by atoms with E-state index in [9.17, 15) is 0 Å². The summed E-state index contributed by atoms with van der Waals surface area (Å²) in [5.41, 5.74) is 1.88. The van der Waals surface area contributed by atoms with E-state index in [1.165, 1.54) is 70.6 Å². The van der Waals surface area contributed by atoms with E-state index in [4.69, 9.17) is 39.4 Å². The van der Waals surface area contributed by atoms with Crippen LogP contribution in [0.15, 0.2) is 52.9 Å². The zero-order valence-electron chi connectivity index (χ0n) is 21.2. The molecule has 1 heterocycles. The van der Waals surface area contributed by atoms with E-state index in [1.807, 2.05) is 36.4 Å². The summed E-state index contributed by atoms with van der Waals surface area (Å²) in [6, 6.07) is 16.5. The molecule has 9 heteroatoms. The van der Waals surface area contributed by atoms with Crippen LogP contribution in [0, 0.1) is 10.2 Å². The summed E-state index contributed by atoms with van der Waals surface area (Å²) in [7, 11) is -3.24. The van der Waals surface area contributed by atoms with E-state index >= 15 is 0 Å². The van der Waals surface area contributed by atoms with Gasteiger partial charge in [-0.2, -0.15) is 0 Å². The predicted octanol–water partition coefficient (Wildman–Crippen LogP) is 1.66. The first-order valence-corrected chi connectivity index (χ1v) is 14.4. The summed E-state index contributed by atoms with van der Waals surface area (Å²) >= 11 is 6.11. The summed E-state index contributed by atoms with van der Waals surface area (Å²) in [6.45, 7) is 0. The van der Waals surface area contributed by atoms with Gasteiger partial charge in [0.1, 0.15) is 17.1 Å². The van der Waals surface area contributed by atoms with E-state index in [2.05, 4.69) is 17.1 Å². The molecule has 0 aliphatic heterocycles. The molecule has 0 bridgehead atoms. The zero-order valence-corrected chi connectivity index (χ0v) is 22.7. The maximum Gasteiger partial charge on any atom is 0.213 e. The van der Waals surface area contributed by atoms with E-state index in [1.54, 1.807) is 7.11 Å². The zero-order chi connectivity index (χ0) is 26.7. The van der Waals surface area contributed by atoms with Gasteiger partial charge in [0.15, 0.2) is 6.04 Å². The quantitative estimate of drug-likeness (QED) is 0.527. The normalized spacial score (nSPS) is 16.9. The first kappa shape index (κ1) is 29.4. The van der Waals surface area contributed by atoms with Crippen LogP contribution in [0.1, 0.15) is 70.6 Å². The Balaban J connectivity index is 0.000000695. The molecule has 0 atom stereocenters. The number of hydrogen-bond acceptors (Lipinski definition) is 6. The molecule has 202 valence electrons. The lowest BCUT2D eigenvalue weighted by atomic mass is 9.98. The van der Waals surface area contributed by atoms with Crippen LogP contribution in [-0.4, -0.2) is 13.2 Å². The molecule has 1 fully saturated rings. The van der Waals surface area contributed by atoms with Gasteiger partial charge in [-0.1, -0.05) is 56.5 Å². The number of nitrogens with one attached hydrogen (secondary N) is 1. The van der Waals surface area contributed by atoms with Gasteiger partial charge in [0.2, 0.25) is 5.36 Å². The Morgan fingerprint density at radius 2 is 1.35 bits per heavy atom. The van der Waals surface area contributed by atoms with Gasteiger partial charge in [0, 0.05) is 23.4 Å².